The van der Waals surface area contributed by atoms with E-state index in [1.165, 1.54) is 44.6 Å². The highest BCUT2D eigenvalue weighted by Gasteiger charge is 2.23. The lowest BCUT2D eigenvalue weighted by Crippen LogP contribution is -2.35. The van der Waals surface area contributed by atoms with Crippen LogP contribution in [0.3, 0.4) is 0 Å². The molecule has 0 saturated heterocycles. The van der Waals surface area contributed by atoms with Crippen LogP contribution in [0.2, 0.25) is 0 Å². The lowest BCUT2D eigenvalue weighted by molar-refractivity contribution is 0.187. The Morgan fingerprint density at radius 2 is 1.57 bits per heavy atom. The fourth-order valence-corrected chi connectivity index (χ4v) is 3.01. The van der Waals surface area contributed by atoms with Gasteiger partial charge in [-0.2, -0.15) is 9.97 Å². The Bertz CT molecular complexity index is 958. The number of carbonyl (C=O) groups excluding carboxylic acids is 2. The van der Waals surface area contributed by atoms with Crippen LogP contribution in [-0.2, 0) is 14.8 Å². The molecule has 150 valence electrons. The largest absolute Gasteiger partial charge is 0.481 e. The third-order valence-corrected chi connectivity index (χ3v) is 4.54. The molecule has 1 aromatic carbocycles. The predicted octanol–water partition coefficient (Wildman–Crippen LogP) is 1.18. The van der Waals surface area contributed by atoms with Gasteiger partial charge < -0.3 is 14.2 Å². The van der Waals surface area contributed by atoms with E-state index in [4.69, 9.17) is 9.47 Å². The summed E-state index contributed by atoms with van der Waals surface area (Å²) in [4.78, 5) is 30.9. The molecule has 2 aromatic rings. The molecule has 0 unspecified atom stereocenters. The number of urea groups is 1. The first-order chi connectivity index (χ1) is 13.3. The van der Waals surface area contributed by atoms with Crippen molar-refractivity contribution in [2.75, 3.05) is 32.0 Å². The number of hydrogen-bond donors (Lipinski definition) is 3. The predicted molar refractivity (Wildman–Crippen MR) is 96.9 cm³/mol. The number of hydrogen-bond acceptors (Lipinski definition) is 9. The molecule has 12 nitrogen and oxygen atoms in total. The average molecular weight is 411 g/mol. The van der Waals surface area contributed by atoms with Gasteiger partial charge in [0.1, 0.15) is 4.90 Å². The smallest absolute Gasteiger partial charge is 0.411 e. The van der Waals surface area contributed by atoms with Crippen molar-refractivity contribution >= 4 is 33.8 Å². The van der Waals surface area contributed by atoms with Crippen molar-refractivity contribution in [2.45, 2.75) is 4.90 Å². The van der Waals surface area contributed by atoms with Gasteiger partial charge in [-0.25, -0.2) is 22.7 Å². The fraction of sp³-hybridized carbons (Fsp3) is 0.200. The van der Waals surface area contributed by atoms with Gasteiger partial charge in [0.05, 0.1) is 33.1 Å². The number of rotatable bonds is 6. The first-order valence-corrected chi connectivity index (χ1v) is 9.02. The minimum atomic E-state index is -4.35. The molecule has 28 heavy (non-hydrogen) atoms. The Hall–Kier alpha value is -3.61. The van der Waals surface area contributed by atoms with E-state index in [0.29, 0.717) is 0 Å². The number of methoxy groups -OCH3 is 3. The van der Waals surface area contributed by atoms with Gasteiger partial charge in [0, 0.05) is 0 Å². The van der Waals surface area contributed by atoms with Crippen LogP contribution in [-0.4, -0.2) is 51.8 Å². The number of sulfonamides is 1. The van der Waals surface area contributed by atoms with Gasteiger partial charge in [-0.1, -0.05) is 12.1 Å². The molecular formula is C15H17N5O7S. The second-order valence-electron chi connectivity index (χ2n) is 4.95. The average Bonchev–Trinajstić information content (AvgIpc) is 2.67. The Morgan fingerprint density at radius 1 is 0.964 bits per heavy atom. The number of nitrogens with zero attached hydrogens (tertiary/aromatic N) is 2. The van der Waals surface area contributed by atoms with Gasteiger partial charge in [0.15, 0.2) is 0 Å². The molecule has 0 saturated carbocycles. The van der Waals surface area contributed by atoms with Gasteiger partial charge >= 0.3 is 12.1 Å². The molecular weight excluding hydrogens is 394 g/mol. The number of benzene rings is 1. The van der Waals surface area contributed by atoms with Crippen LogP contribution in [0.25, 0.3) is 0 Å². The molecule has 0 fully saturated rings. The van der Waals surface area contributed by atoms with Gasteiger partial charge in [0.2, 0.25) is 17.7 Å². The van der Waals surface area contributed by atoms with E-state index in [-0.39, 0.29) is 28.3 Å². The molecule has 0 radical (unpaired) electrons. The summed E-state index contributed by atoms with van der Waals surface area (Å²) in [5, 5.41) is 4.41. The molecule has 1 aromatic heterocycles. The van der Waals surface area contributed by atoms with Crippen molar-refractivity contribution in [1.29, 1.82) is 0 Å². The third-order valence-electron chi connectivity index (χ3n) is 3.15. The summed E-state index contributed by atoms with van der Waals surface area (Å²) in [5.41, 5.74) is -0.0750. The van der Waals surface area contributed by atoms with Gasteiger partial charge in [-0.05, 0) is 12.1 Å². The van der Waals surface area contributed by atoms with Gasteiger partial charge in [-0.3, -0.25) is 10.6 Å². The Labute approximate surface area is 160 Å². The van der Waals surface area contributed by atoms with E-state index in [2.05, 4.69) is 25.3 Å². The minimum Gasteiger partial charge on any atom is -0.481 e. The van der Waals surface area contributed by atoms with Crippen molar-refractivity contribution in [3.05, 3.63) is 30.3 Å². The lowest BCUT2D eigenvalue weighted by Gasteiger charge is -2.12. The highest BCUT2D eigenvalue weighted by atomic mass is 32.2. The van der Waals surface area contributed by atoms with Crippen LogP contribution < -0.4 is 24.8 Å². The molecule has 0 aliphatic heterocycles. The third kappa shape index (κ3) is 5.20. The molecule has 0 spiro atoms. The number of aromatic nitrogens is 2. The molecule has 1 heterocycles. The summed E-state index contributed by atoms with van der Waals surface area (Å²) in [5.74, 6) is -0.0554. The molecule has 0 aliphatic carbocycles. The number of carbonyl (C=O) groups is 2. The zero-order valence-electron chi connectivity index (χ0n) is 15.0. The zero-order chi connectivity index (χ0) is 20.7. The van der Waals surface area contributed by atoms with E-state index in [9.17, 15) is 18.0 Å². The quantitative estimate of drug-likeness (QED) is 0.634. The Morgan fingerprint density at radius 3 is 2.14 bits per heavy atom. The van der Waals surface area contributed by atoms with E-state index in [1.807, 2.05) is 0 Å². The summed E-state index contributed by atoms with van der Waals surface area (Å²) >= 11 is 0. The molecule has 3 N–H and O–H groups in total. The van der Waals surface area contributed by atoms with E-state index in [0.717, 1.165) is 7.11 Å². The van der Waals surface area contributed by atoms with Crippen LogP contribution >= 0.6 is 0 Å². The first-order valence-electron chi connectivity index (χ1n) is 7.54. The maximum absolute atomic E-state index is 12.5. The maximum Gasteiger partial charge on any atom is 0.411 e. The molecule has 0 bridgehead atoms. The Balaban J connectivity index is 2.21. The van der Waals surface area contributed by atoms with Crippen LogP contribution in [0.5, 0.6) is 11.8 Å². The van der Waals surface area contributed by atoms with Crippen molar-refractivity contribution in [2.24, 2.45) is 0 Å². The van der Waals surface area contributed by atoms with Crippen molar-refractivity contribution in [3.63, 3.8) is 0 Å². The second kappa shape index (κ2) is 8.85. The molecule has 0 atom stereocenters. The number of ether oxygens (including phenoxy) is 3. The SMILES string of the molecule is COC(=O)Nc1ccccc1S(=O)(=O)NC(=O)Nc1nc(OC)cc(OC)n1. The Kier molecular flexibility index (Phi) is 6.55. The number of para-hydroxylation sites is 1. The van der Waals surface area contributed by atoms with Crippen molar-refractivity contribution in [1.82, 2.24) is 14.7 Å². The first kappa shape index (κ1) is 20.7. The molecule has 13 heteroatoms. The lowest BCUT2D eigenvalue weighted by atomic mass is 10.3. The number of anilines is 2. The van der Waals surface area contributed by atoms with E-state index >= 15 is 0 Å². The highest BCUT2D eigenvalue weighted by Crippen LogP contribution is 2.21. The number of amides is 3. The normalized spacial score (nSPS) is 10.5. The standard InChI is InChI=1S/C15H17N5O7S/c1-25-11-8-12(26-2)18-13(17-11)19-14(21)20-28(23,24)10-7-5-4-6-9(10)16-15(22)27-3/h4-8H,1-3H3,(H,16,22)(H2,17,18,19,20,21). The van der Waals surface area contributed by atoms with Gasteiger partial charge in [-0.15, -0.1) is 0 Å². The summed E-state index contributed by atoms with van der Waals surface area (Å²) < 4.78 is 41.1. The van der Waals surface area contributed by atoms with Crippen molar-refractivity contribution < 1.29 is 32.2 Å². The summed E-state index contributed by atoms with van der Waals surface area (Å²) in [7, 11) is -0.523. The molecule has 0 aliphatic rings. The van der Waals surface area contributed by atoms with E-state index < -0.39 is 22.1 Å². The second-order valence-corrected chi connectivity index (χ2v) is 6.60. The van der Waals surface area contributed by atoms with E-state index in [1.54, 1.807) is 4.72 Å². The minimum absolute atomic E-state index is 0.0750. The summed E-state index contributed by atoms with van der Waals surface area (Å²) in [6.45, 7) is 0. The zero-order valence-corrected chi connectivity index (χ0v) is 15.9. The summed E-state index contributed by atoms with van der Waals surface area (Å²) in [6.07, 6.45) is -0.871. The summed E-state index contributed by atoms with van der Waals surface area (Å²) in [6, 6.07) is 5.69. The van der Waals surface area contributed by atoms with Gasteiger partial charge in [0.25, 0.3) is 10.0 Å². The monoisotopic (exact) mass is 411 g/mol. The van der Waals surface area contributed by atoms with Crippen LogP contribution in [0, 0.1) is 0 Å². The molecule has 3 amide bonds. The molecule has 2 rings (SSSR count). The van der Waals surface area contributed by atoms with Crippen LogP contribution in [0.4, 0.5) is 21.2 Å². The van der Waals surface area contributed by atoms with Crippen molar-refractivity contribution in [3.8, 4) is 11.8 Å². The van der Waals surface area contributed by atoms with Crippen LogP contribution in [0.1, 0.15) is 0 Å². The highest BCUT2D eigenvalue weighted by molar-refractivity contribution is 7.90. The van der Waals surface area contributed by atoms with Crippen LogP contribution in [0.15, 0.2) is 35.2 Å². The number of nitrogens with one attached hydrogen (secondary N) is 3. The maximum atomic E-state index is 12.5. The topological polar surface area (TPSA) is 158 Å². The fourth-order valence-electron chi connectivity index (χ4n) is 1.94.